The quantitative estimate of drug-likeness (QED) is 0.493. The highest BCUT2D eigenvalue weighted by Crippen LogP contribution is 2.41. The number of H-pyrrole nitrogens is 1. The molecule has 4 aromatic rings. The maximum Gasteiger partial charge on any atom is 0.225 e. The van der Waals surface area contributed by atoms with E-state index in [-0.39, 0.29) is 11.8 Å². The average molecular weight is 437 g/mol. The Labute approximate surface area is 183 Å². The van der Waals surface area contributed by atoms with E-state index in [0.29, 0.717) is 5.75 Å². The highest BCUT2D eigenvalue weighted by atomic mass is 32.1. The minimum Gasteiger partial charge on any atom is -0.494 e. The lowest BCUT2D eigenvalue weighted by Crippen LogP contribution is -2.35. The van der Waals surface area contributed by atoms with Gasteiger partial charge in [0, 0.05) is 35.8 Å². The summed E-state index contributed by atoms with van der Waals surface area (Å²) in [6.45, 7) is 2.74. The van der Waals surface area contributed by atoms with Gasteiger partial charge in [0.2, 0.25) is 5.91 Å². The standard InChI is InChI=1S/C22H24N6O2S/c1-4-28(2)22(29)12-5-6-14-18(8-12)31-21-19(14)20(23-11-24-21)26-16-7-13-10-25-27-15(13)9-17(16)30-3/h7,9-12H,4-6,8H2,1-3H3,(H,25,27)(H,23,24,26)/t12-/m1/s1. The molecule has 160 valence electrons. The molecule has 5 rings (SSSR count). The number of hydrogen-bond acceptors (Lipinski definition) is 7. The molecule has 0 bridgehead atoms. The first kappa shape index (κ1) is 19.7. The van der Waals surface area contributed by atoms with Crippen LogP contribution in [0.25, 0.3) is 21.1 Å². The molecule has 0 aliphatic heterocycles. The van der Waals surface area contributed by atoms with Crippen LogP contribution in [0.3, 0.4) is 0 Å². The fourth-order valence-electron chi connectivity index (χ4n) is 4.25. The topological polar surface area (TPSA) is 96.0 Å². The summed E-state index contributed by atoms with van der Waals surface area (Å²) in [6, 6.07) is 3.92. The Morgan fingerprint density at radius 2 is 2.26 bits per heavy atom. The van der Waals surface area contributed by atoms with Crippen molar-refractivity contribution in [3.63, 3.8) is 0 Å². The molecule has 0 saturated carbocycles. The number of benzene rings is 1. The van der Waals surface area contributed by atoms with Crippen molar-refractivity contribution in [1.29, 1.82) is 0 Å². The van der Waals surface area contributed by atoms with Gasteiger partial charge in [-0.3, -0.25) is 9.89 Å². The number of fused-ring (bicyclic) bond motifs is 4. The molecule has 3 aromatic heterocycles. The van der Waals surface area contributed by atoms with Gasteiger partial charge in [0.05, 0.1) is 29.9 Å². The third-order valence-corrected chi connectivity index (χ3v) is 7.22. The van der Waals surface area contributed by atoms with Gasteiger partial charge >= 0.3 is 0 Å². The van der Waals surface area contributed by atoms with Crippen LogP contribution in [0.5, 0.6) is 5.75 Å². The average Bonchev–Trinajstić information content (AvgIpc) is 3.40. The van der Waals surface area contributed by atoms with E-state index in [1.807, 2.05) is 31.0 Å². The molecular weight excluding hydrogens is 412 g/mol. The number of carbonyl (C=O) groups is 1. The molecule has 1 aromatic carbocycles. The van der Waals surface area contributed by atoms with Crippen LogP contribution in [-0.2, 0) is 17.6 Å². The number of nitrogens with zero attached hydrogens (tertiary/aromatic N) is 4. The number of carbonyl (C=O) groups excluding carboxylic acids is 1. The first-order chi connectivity index (χ1) is 15.1. The van der Waals surface area contributed by atoms with Crippen molar-refractivity contribution in [2.45, 2.75) is 26.2 Å². The smallest absolute Gasteiger partial charge is 0.225 e. The van der Waals surface area contributed by atoms with E-state index < -0.39 is 0 Å². The first-order valence-corrected chi connectivity index (χ1v) is 11.2. The van der Waals surface area contributed by atoms with Gasteiger partial charge in [-0.1, -0.05) is 0 Å². The molecular formula is C22H24N6O2S. The van der Waals surface area contributed by atoms with Crippen molar-refractivity contribution in [3.8, 4) is 5.75 Å². The van der Waals surface area contributed by atoms with Gasteiger partial charge in [0.1, 0.15) is 22.7 Å². The number of aryl methyl sites for hydroxylation is 1. The Morgan fingerprint density at radius 1 is 1.39 bits per heavy atom. The Balaban J connectivity index is 1.52. The van der Waals surface area contributed by atoms with Crippen molar-refractivity contribution >= 4 is 49.9 Å². The molecule has 1 aliphatic carbocycles. The van der Waals surface area contributed by atoms with Crippen molar-refractivity contribution in [3.05, 3.63) is 35.1 Å². The van der Waals surface area contributed by atoms with Crippen LogP contribution >= 0.6 is 11.3 Å². The zero-order valence-electron chi connectivity index (χ0n) is 17.7. The van der Waals surface area contributed by atoms with Crippen LogP contribution < -0.4 is 10.1 Å². The van der Waals surface area contributed by atoms with Crippen molar-refractivity contribution in [1.82, 2.24) is 25.1 Å². The number of thiophene rings is 1. The number of nitrogens with one attached hydrogen (secondary N) is 2. The Morgan fingerprint density at radius 3 is 3.06 bits per heavy atom. The summed E-state index contributed by atoms with van der Waals surface area (Å²) in [5.74, 6) is 1.74. The van der Waals surface area contributed by atoms with Gasteiger partial charge in [-0.15, -0.1) is 11.3 Å². The summed E-state index contributed by atoms with van der Waals surface area (Å²) < 4.78 is 5.58. The molecule has 2 N–H and O–H groups in total. The second-order valence-electron chi connectivity index (χ2n) is 7.83. The monoisotopic (exact) mass is 436 g/mol. The molecule has 3 heterocycles. The summed E-state index contributed by atoms with van der Waals surface area (Å²) in [7, 11) is 3.52. The Bertz CT molecular complexity index is 1280. The molecule has 0 radical (unpaired) electrons. The van der Waals surface area contributed by atoms with E-state index in [9.17, 15) is 4.79 Å². The third kappa shape index (κ3) is 3.38. The molecule has 0 spiro atoms. The number of hydrogen-bond donors (Lipinski definition) is 2. The number of ether oxygens (including phenoxy) is 1. The van der Waals surface area contributed by atoms with E-state index in [0.717, 1.165) is 58.4 Å². The van der Waals surface area contributed by atoms with Gasteiger partial charge in [-0.2, -0.15) is 5.10 Å². The van der Waals surface area contributed by atoms with Gasteiger partial charge in [-0.25, -0.2) is 9.97 Å². The summed E-state index contributed by atoms with van der Waals surface area (Å²) in [4.78, 5) is 25.8. The summed E-state index contributed by atoms with van der Waals surface area (Å²) in [6.07, 6.45) is 5.84. The molecule has 1 amide bonds. The molecule has 31 heavy (non-hydrogen) atoms. The van der Waals surface area contributed by atoms with Crippen LogP contribution in [0.15, 0.2) is 24.7 Å². The maximum absolute atomic E-state index is 12.7. The summed E-state index contributed by atoms with van der Waals surface area (Å²) in [5, 5.41) is 12.6. The van der Waals surface area contributed by atoms with Crippen molar-refractivity contribution in [2.24, 2.45) is 5.92 Å². The minimum atomic E-state index is 0.0403. The predicted octanol–water partition coefficient (Wildman–Crippen LogP) is 3.90. The third-order valence-electron chi connectivity index (χ3n) is 6.06. The van der Waals surface area contributed by atoms with Crippen molar-refractivity contribution in [2.75, 3.05) is 26.0 Å². The molecule has 8 nitrogen and oxygen atoms in total. The predicted molar refractivity (Wildman–Crippen MR) is 122 cm³/mol. The largest absolute Gasteiger partial charge is 0.494 e. The number of aromatic nitrogens is 4. The van der Waals surface area contributed by atoms with Gasteiger partial charge in [0.15, 0.2) is 0 Å². The van der Waals surface area contributed by atoms with E-state index >= 15 is 0 Å². The molecule has 1 atom stereocenters. The fourth-order valence-corrected chi connectivity index (χ4v) is 5.52. The molecule has 0 fully saturated rings. The van der Waals surface area contributed by atoms with Crippen molar-refractivity contribution < 1.29 is 9.53 Å². The van der Waals surface area contributed by atoms with Crippen LogP contribution in [0.2, 0.25) is 0 Å². The van der Waals surface area contributed by atoms with Gasteiger partial charge in [-0.05, 0) is 37.8 Å². The minimum absolute atomic E-state index is 0.0403. The molecule has 0 saturated heterocycles. The summed E-state index contributed by atoms with van der Waals surface area (Å²) >= 11 is 1.67. The summed E-state index contributed by atoms with van der Waals surface area (Å²) in [5.41, 5.74) is 3.00. The highest BCUT2D eigenvalue weighted by Gasteiger charge is 2.30. The lowest BCUT2D eigenvalue weighted by atomic mass is 9.87. The number of anilines is 2. The molecule has 0 unspecified atom stereocenters. The normalized spacial score (nSPS) is 15.8. The SMILES string of the molecule is CCN(C)C(=O)[C@@H]1CCc2c(sc3ncnc(Nc4cc5cn[nH]c5cc4OC)c23)C1. The van der Waals surface area contributed by atoms with E-state index in [2.05, 4.69) is 25.5 Å². The zero-order chi connectivity index (χ0) is 21.5. The maximum atomic E-state index is 12.7. The lowest BCUT2D eigenvalue weighted by Gasteiger charge is -2.26. The lowest BCUT2D eigenvalue weighted by molar-refractivity contribution is -0.134. The number of methoxy groups -OCH3 is 1. The second-order valence-corrected chi connectivity index (χ2v) is 8.92. The number of amides is 1. The number of rotatable bonds is 5. The van der Waals surface area contributed by atoms with E-state index in [4.69, 9.17) is 4.74 Å². The van der Waals surface area contributed by atoms with Crippen LogP contribution in [0, 0.1) is 5.92 Å². The second kappa shape index (κ2) is 7.81. The Hall–Kier alpha value is -3.20. The van der Waals surface area contributed by atoms with Gasteiger partial charge < -0.3 is 15.0 Å². The van der Waals surface area contributed by atoms with Gasteiger partial charge in [0.25, 0.3) is 0 Å². The fraction of sp³-hybridized carbons (Fsp3) is 0.364. The van der Waals surface area contributed by atoms with E-state index in [1.54, 1.807) is 31.0 Å². The first-order valence-electron chi connectivity index (χ1n) is 10.4. The van der Waals surface area contributed by atoms with Crippen LogP contribution in [0.4, 0.5) is 11.5 Å². The van der Waals surface area contributed by atoms with Crippen LogP contribution in [0.1, 0.15) is 23.8 Å². The Kier molecular flexibility index (Phi) is 4.97. The molecule has 9 heteroatoms. The number of aromatic amines is 1. The highest BCUT2D eigenvalue weighted by molar-refractivity contribution is 7.19. The molecule has 1 aliphatic rings. The van der Waals surface area contributed by atoms with E-state index in [1.165, 1.54) is 10.4 Å². The van der Waals surface area contributed by atoms with Crippen LogP contribution in [-0.4, -0.2) is 51.7 Å². The zero-order valence-corrected chi connectivity index (χ0v) is 18.5.